The van der Waals surface area contributed by atoms with E-state index in [9.17, 15) is 28.9 Å². The summed E-state index contributed by atoms with van der Waals surface area (Å²) in [7, 11) is -4.75. The van der Waals surface area contributed by atoms with E-state index in [2.05, 4.69) is 57.2 Å². The molecule has 0 aromatic carbocycles. The first-order valence-corrected chi connectivity index (χ1v) is 34.4. The highest BCUT2D eigenvalue weighted by Crippen LogP contribution is 2.43. The van der Waals surface area contributed by atoms with Crippen LogP contribution in [0.1, 0.15) is 329 Å². The SMILES string of the molecule is CCCCC/C=C\C/C=C\C/C=C\CCCCCCCCC(=O)OCC(COP(=O)(O)OCC(CO)OC(=O)CCCCCCCCCCCCCCCCC)OC(=O)CCCCCCCCCCCCCCCCCCC. The third kappa shape index (κ3) is 58.4. The first kappa shape index (κ1) is 75.7. The standard InChI is InChI=1S/C66H123O11P/c1-4-7-10-13-16-19-22-25-28-30-31-33-35-37-40-43-46-49-52-55-64(68)73-59-63(77-66(70)57-54-51-48-45-42-39-36-32-29-26-23-20-17-14-11-8-5-2)61-75-78(71,72)74-60-62(58-67)76-65(69)56-53-50-47-44-41-38-34-27-24-21-18-15-12-9-6-3/h16,19,25,28,31,33,62-63,67H,4-15,17-18,20-24,26-27,29-30,32,34-61H2,1-3H3,(H,71,72)/b19-16-,28-25-,33-31-. The van der Waals surface area contributed by atoms with Gasteiger partial charge in [-0.1, -0.05) is 288 Å². The molecule has 12 heteroatoms. The van der Waals surface area contributed by atoms with Gasteiger partial charge in [0.15, 0.2) is 6.10 Å². The summed E-state index contributed by atoms with van der Waals surface area (Å²) in [5, 5.41) is 9.85. The van der Waals surface area contributed by atoms with E-state index in [-0.39, 0.29) is 25.9 Å². The van der Waals surface area contributed by atoms with Crippen LogP contribution in [0.25, 0.3) is 0 Å². The number of phosphoric acid groups is 1. The molecule has 78 heavy (non-hydrogen) atoms. The number of carbonyl (C=O) groups is 3. The predicted octanol–water partition coefficient (Wildman–Crippen LogP) is 19.9. The van der Waals surface area contributed by atoms with Crippen molar-refractivity contribution in [2.75, 3.05) is 26.4 Å². The molecule has 0 fully saturated rings. The van der Waals surface area contributed by atoms with Crippen molar-refractivity contribution >= 4 is 25.7 Å². The van der Waals surface area contributed by atoms with Gasteiger partial charge in [-0.05, 0) is 57.8 Å². The average molecular weight is 1120 g/mol. The molecule has 2 N–H and O–H groups in total. The molecule has 0 bridgehead atoms. The lowest BCUT2D eigenvalue weighted by molar-refractivity contribution is -0.161. The minimum Gasteiger partial charge on any atom is -0.462 e. The predicted molar refractivity (Wildman–Crippen MR) is 326 cm³/mol. The monoisotopic (exact) mass is 1120 g/mol. The fraction of sp³-hybridized carbons (Fsp3) is 0.864. The maximum atomic E-state index is 13.0. The van der Waals surface area contributed by atoms with Gasteiger partial charge < -0.3 is 24.2 Å². The van der Waals surface area contributed by atoms with E-state index in [1.165, 1.54) is 180 Å². The number of aliphatic hydroxyl groups is 1. The van der Waals surface area contributed by atoms with Crippen molar-refractivity contribution < 1.29 is 52.2 Å². The highest BCUT2D eigenvalue weighted by atomic mass is 31.2. The Morgan fingerprint density at radius 2 is 0.628 bits per heavy atom. The molecule has 0 aliphatic heterocycles. The third-order valence-electron chi connectivity index (χ3n) is 14.6. The highest BCUT2D eigenvalue weighted by molar-refractivity contribution is 7.47. The molecular weight excluding hydrogens is 1000 g/mol. The number of rotatable bonds is 62. The Bertz CT molecular complexity index is 1450. The summed E-state index contributed by atoms with van der Waals surface area (Å²) in [5.41, 5.74) is 0. The van der Waals surface area contributed by atoms with Crippen molar-refractivity contribution in [3.05, 3.63) is 36.5 Å². The van der Waals surface area contributed by atoms with Crippen LogP contribution in [-0.2, 0) is 42.2 Å². The van der Waals surface area contributed by atoms with E-state index in [1.807, 2.05) is 0 Å². The summed E-state index contributed by atoms with van der Waals surface area (Å²) in [6.45, 7) is 4.68. The van der Waals surface area contributed by atoms with Crippen LogP contribution >= 0.6 is 7.82 Å². The van der Waals surface area contributed by atoms with Crippen LogP contribution in [0.3, 0.4) is 0 Å². The van der Waals surface area contributed by atoms with Crippen molar-refractivity contribution in [3.8, 4) is 0 Å². The van der Waals surface area contributed by atoms with E-state index in [0.29, 0.717) is 19.3 Å². The number of phosphoric ester groups is 1. The van der Waals surface area contributed by atoms with Crippen LogP contribution in [0.15, 0.2) is 36.5 Å². The molecule has 3 unspecified atom stereocenters. The maximum absolute atomic E-state index is 13.0. The minimum atomic E-state index is -4.75. The van der Waals surface area contributed by atoms with Crippen LogP contribution in [-0.4, -0.2) is 66.5 Å². The van der Waals surface area contributed by atoms with Gasteiger partial charge in [0, 0.05) is 19.3 Å². The molecule has 0 saturated carbocycles. The second-order valence-corrected chi connectivity index (χ2v) is 23.8. The zero-order chi connectivity index (χ0) is 56.9. The molecule has 0 aromatic heterocycles. The van der Waals surface area contributed by atoms with Gasteiger partial charge in [0.1, 0.15) is 12.7 Å². The lowest BCUT2D eigenvalue weighted by Gasteiger charge is -2.21. The van der Waals surface area contributed by atoms with Crippen molar-refractivity contribution in [1.29, 1.82) is 0 Å². The molecule has 11 nitrogen and oxygen atoms in total. The molecule has 0 radical (unpaired) electrons. The summed E-state index contributed by atoms with van der Waals surface area (Å²) in [5.74, 6) is -1.45. The summed E-state index contributed by atoms with van der Waals surface area (Å²) in [4.78, 5) is 48.8. The van der Waals surface area contributed by atoms with Crippen molar-refractivity contribution in [3.63, 3.8) is 0 Å². The van der Waals surface area contributed by atoms with Crippen LogP contribution in [0.4, 0.5) is 0 Å². The van der Waals surface area contributed by atoms with Crippen LogP contribution < -0.4 is 0 Å². The first-order valence-electron chi connectivity index (χ1n) is 32.9. The number of esters is 3. The smallest absolute Gasteiger partial charge is 0.462 e. The van der Waals surface area contributed by atoms with E-state index in [1.54, 1.807) is 0 Å². The zero-order valence-electron chi connectivity index (χ0n) is 50.9. The average Bonchev–Trinajstić information content (AvgIpc) is 3.43. The minimum absolute atomic E-state index is 0.171. The molecule has 0 aliphatic rings. The van der Waals surface area contributed by atoms with Crippen molar-refractivity contribution in [1.82, 2.24) is 0 Å². The molecule has 0 spiro atoms. The normalized spacial score (nSPS) is 13.4. The Morgan fingerprint density at radius 3 is 0.987 bits per heavy atom. The molecule has 0 amide bonds. The Morgan fingerprint density at radius 1 is 0.359 bits per heavy atom. The number of aliphatic hydroxyl groups excluding tert-OH is 1. The molecule has 0 aliphatic carbocycles. The zero-order valence-corrected chi connectivity index (χ0v) is 51.8. The van der Waals surface area contributed by atoms with Gasteiger partial charge in [-0.2, -0.15) is 0 Å². The van der Waals surface area contributed by atoms with Gasteiger partial charge in [0.05, 0.1) is 19.8 Å². The van der Waals surface area contributed by atoms with Crippen molar-refractivity contribution in [2.45, 2.75) is 341 Å². The molecule has 3 atom stereocenters. The Hall–Kier alpha value is -2.30. The summed E-state index contributed by atoms with van der Waals surface area (Å²) < 4.78 is 39.7. The van der Waals surface area contributed by atoms with E-state index in [0.717, 1.165) is 89.9 Å². The molecule has 0 saturated heterocycles. The second kappa shape index (κ2) is 60.8. The lowest BCUT2D eigenvalue weighted by atomic mass is 10.0. The van der Waals surface area contributed by atoms with Gasteiger partial charge in [0.2, 0.25) is 0 Å². The van der Waals surface area contributed by atoms with Crippen molar-refractivity contribution in [2.24, 2.45) is 0 Å². The Kier molecular flexibility index (Phi) is 59.0. The van der Waals surface area contributed by atoms with E-state index in [4.69, 9.17) is 23.3 Å². The number of hydrogen-bond donors (Lipinski definition) is 2. The van der Waals surface area contributed by atoms with E-state index >= 15 is 0 Å². The first-order chi connectivity index (χ1) is 38.2. The summed E-state index contributed by atoms with van der Waals surface area (Å²) >= 11 is 0. The summed E-state index contributed by atoms with van der Waals surface area (Å²) in [6, 6.07) is 0. The second-order valence-electron chi connectivity index (χ2n) is 22.3. The Labute approximate surface area is 480 Å². The number of hydrogen-bond acceptors (Lipinski definition) is 10. The number of unbranched alkanes of at least 4 members (excludes halogenated alkanes) is 39. The van der Waals surface area contributed by atoms with Gasteiger partial charge in [-0.3, -0.25) is 23.4 Å². The number of ether oxygens (including phenoxy) is 3. The summed E-state index contributed by atoms with van der Waals surface area (Å²) in [6.07, 6.45) is 65.2. The quantitative estimate of drug-likeness (QED) is 0.0197. The van der Waals surface area contributed by atoms with Gasteiger partial charge in [-0.15, -0.1) is 0 Å². The molecule has 458 valence electrons. The highest BCUT2D eigenvalue weighted by Gasteiger charge is 2.28. The lowest BCUT2D eigenvalue weighted by Crippen LogP contribution is -2.30. The topological polar surface area (TPSA) is 155 Å². The van der Waals surface area contributed by atoms with Crippen LogP contribution in [0, 0.1) is 0 Å². The number of carbonyl (C=O) groups excluding carboxylic acids is 3. The van der Waals surface area contributed by atoms with Crippen LogP contribution in [0.2, 0.25) is 0 Å². The van der Waals surface area contributed by atoms with E-state index < -0.39 is 57.8 Å². The molecule has 0 rings (SSSR count). The fourth-order valence-corrected chi connectivity index (χ4v) is 10.3. The van der Waals surface area contributed by atoms with Crippen LogP contribution in [0.5, 0.6) is 0 Å². The number of allylic oxidation sites excluding steroid dienone is 6. The third-order valence-corrected chi connectivity index (χ3v) is 15.5. The fourth-order valence-electron chi connectivity index (χ4n) is 9.54. The van der Waals surface area contributed by atoms with Gasteiger partial charge >= 0.3 is 25.7 Å². The molecule has 0 heterocycles. The molecule has 0 aromatic rings. The van der Waals surface area contributed by atoms with Gasteiger partial charge in [-0.25, -0.2) is 4.57 Å². The largest absolute Gasteiger partial charge is 0.472 e. The molecular formula is C66H123O11P. The Balaban J connectivity index is 4.68. The maximum Gasteiger partial charge on any atom is 0.472 e. The van der Waals surface area contributed by atoms with Gasteiger partial charge in [0.25, 0.3) is 0 Å².